The summed E-state index contributed by atoms with van der Waals surface area (Å²) >= 11 is 0. The third-order valence-corrected chi connectivity index (χ3v) is 6.34. The van der Waals surface area contributed by atoms with Crippen molar-refractivity contribution in [3.05, 3.63) is 108 Å². The van der Waals surface area contributed by atoms with Crippen LogP contribution < -0.4 is 5.43 Å². The quantitative estimate of drug-likeness (QED) is 0.340. The van der Waals surface area contributed by atoms with Crippen molar-refractivity contribution < 1.29 is 9.15 Å². The molecule has 7 heteroatoms. The summed E-state index contributed by atoms with van der Waals surface area (Å²) < 4.78 is 12.2. The summed E-state index contributed by atoms with van der Waals surface area (Å²) in [5.74, 6) is 0.523. The first-order chi connectivity index (χ1) is 17.8. The average molecular weight is 467 g/mol. The minimum absolute atomic E-state index is 0.241. The van der Waals surface area contributed by atoms with Crippen molar-refractivity contribution in [3.8, 4) is 17.3 Å². The number of benzene rings is 3. The molecule has 1 N–H and O–H groups in total. The van der Waals surface area contributed by atoms with Crippen molar-refractivity contribution in [2.75, 3.05) is 0 Å². The highest BCUT2D eigenvalue weighted by atomic mass is 16.5. The number of fused-ring (bicyclic) bond motifs is 5. The maximum absolute atomic E-state index is 9.82. The van der Waals surface area contributed by atoms with Crippen LogP contribution in [0.4, 0.5) is 0 Å². The Kier molecular flexibility index (Phi) is 4.44. The number of hydrogen-bond acceptors (Lipinski definition) is 7. The Bertz CT molecular complexity index is 1850. The van der Waals surface area contributed by atoms with Crippen molar-refractivity contribution in [2.24, 2.45) is 5.10 Å². The molecule has 0 saturated carbocycles. The minimum Gasteiger partial charge on any atom is -0.452 e. The Labute approximate surface area is 205 Å². The smallest absolute Gasteiger partial charge is 0.240 e. The lowest BCUT2D eigenvalue weighted by Gasteiger charge is -2.11. The van der Waals surface area contributed by atoms with Crippen LogP contribution in [0.1, 0.15) is 23.0 Å². The molecule has 36 heavy (non-hydrogen) atoms. The van der Waals surface area contributed by atoms with E-state index in [0.717, 1.165) is 38.4 Å². The van der Waals surface area contributed by atoms with E-state index in [2.05, 4.69) is 26.6 Å². The number of nitriles is 1. The first kappa shape index (κ1) is 20.2. The van der Waals surface area contributed by atoms with Gasteiger partial charge in [-0.25, -0.2) is 4.98 Å². The molecule has 3 aromatic heterocycles. The van der Waals surface area contributed by atoms with Crippen LogP contribution >= 0.6 is 0 Å². The highest BCUT2D eigenvalue weighted by Crippen LogP contribution is 2.36. The topological polar surface area (TPSA) is 96.3 Å². The van der Waals surface area contributed by atoms with E-state index in [1.807, 2.05) is 84.9 Å². The molecule has 1 atom stereocenters. The molecule has 6 aromatic rings. The lowest BCUT2D eigenvalue weighted by Crippen LogP contribution is -2.12. The van der Waals surface area contributed by atoms with Crippen LogP contribution in [0.5, 0.6) is 0 Å². The molecule has 3 aromatic carbocycles. The van der Waals surface area contributed by atoms with Crippen molar-refractivity contribution >= 4 is 38.7 Å². The second-order valence-corrected chi connectivity index (χ2v) is 8.50. The van der Waals surface area contributed by atoms with Gasteiger partial charge in [-0.15, -0.1) is 5.10 Å². The van der Waals surface area contributed by atoms with E-state index in [4.69, 9.17) is 9.15 Å². The minimum atomic E-state index is -0.317. The zero-order valence-electron chi connectivity index (χ0n) is 18.8. The van der Waals surface area contributed by atoms with Gasteiger partial charge < -0.3 is 9.15 Å². The van der Waals surface area contributed by atoms with Crippen LogP contribution in [0.3, 0.4) is 0 Å². The number of pyridine rings is 2. The number of ether oxygens (including phenoxy) is 1. The normalized spacial score (nSPS) is 15.0. The maximum Gasteiger partial charge on any atom is 0.240 e. The molecule has 0 amide bonds. The van der Waals surface area contributed by atoms with E-state index in [9.17, 15) is 5.26 Å². The number of furan rings is 1. The lowest BCUT2D eigenvalue weighted by molar-refractivity contribution is 0.192. The van der Waals surface area contributed by atoms with E-state index < -0.39 is 0 Å². The molecule has 0 aliphatic carbocycles. The van der Waals surface area contributed by atoms with Crippen LogP contribution in [0, 0.1) is 11.3 Å². The molecule has 1 aliphatic rings. The van der Waals surface area contributed by atoms with Crippen LogP contribution in [-0.2, 0) is 4.74 Å². The summed E-state index contributed by atoms with van der Waals surface area (Å²) in [6.45, 7) is 0. The molecule has 0 radical (unpaired) electrons. The third kappa shape index (κ3) is 3.16. The van der Waals surface area contributed by atoms with Gasteiger partial charge in [0.15, 0.2) is 11.3 Å². The molecule has 7 rings (SSSR count). The molecule has 0 fully saturated rings. The largest absolute Gasteiger partial charge is 0.452 e. The third-order valence-electron chi connectivity index (χ3n) is 6.34. The van der Waals surface area contributed by atoms with Gasteiger partial charge in [0.25, 0.3) is 0 Å². The predicted octanol–water partition coefficient (Wildman–Crippen LogP) is 6.05. The van der Waals surface area contributed by atoms with E-state index in [0.29, 0.717) is 22.8 Å². The van der Waals surface area contributed by atoms with Gasteiger partial charge in [-0.1, -0.05) is 54.6 Å². The number of aromatic nitrogens is 2. The molecule has 170 valence electrons. The Morgan fingerprint density at radius 1 is 0.806 bits per heavy atom. The van der Waals surface area contributed by atoms with Crippen LogP contribution in [-0.4, -0.2) is 15.9 Å². The Hall–Kier alpha value is -5.22. The molecule has 0 saturated heterocycles. The van der Waals surface area contributed by atoms with Crippen LogP contribution in [0.2, 0.25) is 0 Å². The van der Waals surface area contributed by atoms with Crippen molar-refractivity contribution in [1.82, 2.24) is 15.4 Å². The molecule has 1 aliphatic heterocycles. The maximum atomic E-state index is 9.82. The molecule has 1 unspecified atom stereocenters. The number of hydrazone groups is 1. The highest BCUT2D eigenvalue weighted by molar-refractivity contribution is 6.14. The van der Waals surface area contributed by atoms with E-state index >= 15 is 0 Å². The van der Waals surface area contributed by atoms with Crippen LogP contribution in [0.15, 0.2) is 101 Å². The van der Waals surface area contributed by atoms with Gasteiger partial charge in [0, 0.05) is 39.0 Å². The van der Waals surface area contributed by atoms with Gasteiger partial charge in [-0.2, -0.15) is 5.26 Å². The second kappa shape index (κ2) is 7.93. The Morgan fingerprint density at radius 2 is 1.58 bits per heavy atom. The molecule has 0 spiro atoms. The summed E-state index contributed by atoms with van der Waals surface area (Å²) in [4.78, 5) is 9.17. The van der Waals surface area contributed by atoms with Gasteiger partial charge in [0.2, 0.25) is 12.1 Å². The standard InChI is InChI=1S/C29H17N5O2/c30-15-25-27-21(22-16-31-23-9-5-4-8-20(23)26(22)35-27)14-24(32-25)17-10-12-19(13-11-17)29-34-33-28(36-29)18-6-2-1-3-7-18/h1-14,16,28,33H. The molecule has 4 heterocycles. The first-order valence-corrected chi connectivity index (χ1v) is 11.5. The summed E-state index contributed by atoms with van der Waals surface area (Å²) in [5.41, 5.74) is 8.68. The fourth-order valence-corrected chi connectivity index (χ4v) is 4.55. The van der Waals surface area contributed by atoms with Gasteiger partial charge in [0.1, 0.15) is 11.7 Å². The number of nitrogens with one attached hydrogen (secondary N) is 1. The second-order valence-electron chi connectivity index (χ2n) is 8.50. The van der Waals surface area contributed by atoms with E-state index in [-0.39, 0.29) is 11.9 Å². The number of para-hydroxylation sites is 1. The molecule has 0 bridgehead atoms. The molecule has 7 nitrogen and oxygen atoms in total. The summed E-state index contributed by atoms with van der Waals surface area (Å²) in [6.07, 6.45) is 1.48. The molecular weight excluding hydrogens is 450 g/mol. The van der Waals surface area contributed by atoms with Gasteiger partial charge in [-0.3, -0.25) is 10.4 Å². The van der Waals surface area contributed by atoms with Crippen molar-refractivity contribution in [2.45, 2.75) is 6.23 Å². The van der Waals surface area contributed by atoms with Crippen LogP contribution in [0.25, 0.3) is 44.1 Å². The summed E-state index contributed by atoms with van der Waals surface area (Å²) in [7, 11) is 0. The first-order valence-electron chi connectivity index (χ1n) is 11.5. The Morgan fingerprint density at radius 3 is 2.42 bits per heavy atom. The zero-order valence-corrected chi connectivity index (χ0v) is 18.8. The number of nitrogens with zero attached hydrogens (tertiary/aromatic N) is 4. The monoisotopic (exact) mass is 467 g/mol. The van der Waals surface area contributed by atoms with Gasteiger partial charge >= 0.3 is 0 Å². The highest BCUT2D eigenvalue weighted by Gasteiger charge is 2.22. The van der Waals surface area contributed by atoms with E-state index in [1.54, 1.807) is 6.20 Å². The van der Waals surface area contributed by atoms with Crippen molar-refractivity contribution in [3.63, 3.8) is 0 Å². The SMILES string of the molecule is N#Cc1nc(-c2ccc(C3=NNC(c4ccccc4)O3)cc2)cc2c1oc1c3ccccc3ncc21. The van der Waals surface area contributed by atoms with Gasteiger partial charge in [0.05, 0.1) is 11.2 Å². The van der Waals surface area contributed by atoms with Crippen molar-refractivity contribution in [1.29, 1.82) is 5.26 Å². The Balaban J connectivity index is 1.26. The lowest BCUT2D eigenvalue weighted by atomic mass is 10.1. The zero-order chi connectivity index (χ0) is 24.1. The number of rotatable bonds is 3. The predicted molar refractivity (Wildman–Crippen MR) is 137 cm³/mol. The number of hydrogen-bond donors (Lipinski definition) is 1. The fraction of sp³-hybridized carbons (Fsp3) is 0.0345. The van der Waals surface area contributed by atoms with Gasteiger partial charge in [-0.05, 0) is 30.3 Å². The summed E-state index contributed by atoms with van der Waals surface area (Å²) in [5, 5.41) is 16.7. The average Bonchev–Trinajstić information content (AvgIpc) is 3.59. The molecular formula is C29H17N5O2. The van der Waals surface area contributed by atoms with E-state index in [1.165, 1.54) is 0 Å². The fourth-order valence-electron chi connectivity index (χ4n) is 4.55. The summed E-state index contributed by atoms with van der Waals surface area (Å²) in [6, 6.07) is 29.6.